The predicted molar refractivity (Wildman–Crippen MR) is 79.2 cm³/mol. The monoisotopic (exact) mass is 261 g/mol. The fraction of sp³-hybridized carbons (Fsp3) is 0.571. The lowest BCUT2D eigenvalue weighted by atomic mass is 9.85. The molecule has 0 radical (unpaired) electrons. The summed E-state index contributed by atoms with van der Waals surface area (Å²) in [4.78, 5) is 10.7. The quantitative estimate of drug-likeness (QED) is 0.620. The minimum atomic E-state index is 0.531. The third kappa shape index (κ3) is 4.12. The normalized spacial score (nSPS) is 16.0. The Kier molecular flexibility index (Phi) is 4.60. The van der Waals surface area contributed by atoms with E-state index in [0.29, 0.717) is 12.5 Å². The molecule has 0 amide bonds. The molecule has 0 atom stereocenters. The third-order valence-electron chi connectivity index (χ3n) is 3.50. The van der Waals surface area contributed by atoms with Gasteiger partial charge in [-0.05, 0) is 30.4 Å². The molecule has 0 aromatic carbocycles. The van der Waals surface area contributed by atoms with Crippen molar-refractivity contribution in [3.05, 3.63) is 23.9 Å². The van der Waals surface area contributed by atoms with Gasteiger partial charge in [-0.3, -0.25) is 0 Å². The van der Waals surface area contributed by atoms with Crippen LogP contribution in [-0.4, -0.2) is 31.6 Å². The van der Waals surface area contributed by atoms with E-state index in [1.54, 1.807) is 0 Å². The van der Waals surface area contributed by atoms with Gasteiger partial charge in [0.05, 0.1) is 6.54 Å². The van der Waals surface area contributed by atoms with Crippen molar-refractivity contribution in [1.29, 1.82) is 0 Å². The second kappa shape index (κ2) is 6.41. The lowest BCUT2D eigenvalue weighted by Gasteiger charge is -2.25. The maximum atomic E-state index is 5.84. The summed E-state index contributed by atoms with van der Waals surface area (Å²) in [5.74, 6) is 2.27. The van der Waals surface area contributed by atoms with E-state index in [1.807, 2.05) is 37.3 Å². The summed E-state index contributed by atoms with van der Waals surface area (Å²) in [5, 5.41) is 3.18. The van der Waals surface area contributed by atoms with Crippen LogP contribution in [-0.2, 0) is 6.54 Å². The summed E-state index contributed by atoms with van der Waals surface area (Å²) in [6.45, 7) is 1.53. The first-order valence-corrected chi connectivity index (χ1v) is 6.81. The molecule has 2 rings (SSSR count). The van der Waals surface area contributed by atoms with Crippen molar-refractivity contribution >= 4 is 11.8 Å². The number of aromatic nitrogens is 1. The minimum absolute atomic E-state index is 0.531. The van der Waals surface area contributed by atoms with Crippen LogP contribution in [0.4, 0.5) is 5.82 Å². The fourth-order valence-corrected chi connectivity index (χ4v) is 1.95. The number of aliphatic imine (C=N–C) groups is 1. The van der Waals surface area contributed by atoms with Gasteiger partial charge >= 0.3 is 0 Å². The van der Waals surface area contributed by atoms with Gasteiger partial charge in [-0.2, -0.15) is 0 Å². The highest BCUT2D eigenvalue weighted by Crippen LogP contribution is 2.24. The first kappa shape index (κ1) is 13.6. The Hall–Kier alpha value is -1.78. The van der Waals surface area contributed by atoms with Crippen molar-refractivity contribution < 1.29 is 0 Å². The lowest BCUT2D eigenvalue weighted by Crippen LogP contribution is -2.37. The van der Waals surface area contributed by atoms with Crippen LogP contribution >= 0.6 is 0 Å². The number of nitrogens with one attached hydrogen (secondary N) is 1. The number of rotatable bonds is 5. The van der Waals surface area contributed by atoms with Crippen LogP contribution in [0.1, 0.15) is 24.8 Å². The van der Waals surface area contributed by atoms with Crippen LogP contribution in [0, 0.1) is 5.92 Å². The van der Waals surface area contributed by atoms with Crippen LogP contribution in [0.15, 0.2) is 23.3 Å². The molecule has 5 heteroatoms. The average molecular weight is 261 g/mol. The highest BCUT2D eigenvalue weighted by molar-refractivity contribution is 5.77. The highest BCUT2D eigenvalue weighted by Gasteiger charge is 2.16. The third-order valence-corrected chi connectivity index (χ3v) is 3.50. The molecule has 19 heavy (non-hydrogen) atoms. The van der Waals surface area contributed by atoms with Crippen molar-refractivity contribution in [2.24, 2.45) is 16.6 Å². The molecule has 0 saturated heterocycles. The van der Waals surface area contributed by atoms with Crippen molar-refractivity contribution in [3.8, 4) is 0 Å². The molecule has 1 aromatic heterocycles. The zero-order valence-electron chi connectivity index (χ0n) is 11.8. The minimum Gasteiger partial charge on any atom is -0.370 e. The summed E-state index contributed by atoms with van der Waals surface area (Å²) in [6.07, 6.45) is 5.83. The van der Waals surface area contributed by atoms with E-state index in [9.17, 15) is 0 Å². The first-order valence-electron chi connectivity index (χ1n) is 6.81. The zero-order chi connectivity index (χ0) is 13.7. The second-order valence-electron chi connectivity index (χ2n) is 5.30. The first-order chi connectivity index (χ1) is 9.15. The van der Waals surface area contributed by atoms with Gasteiger partial charge in [0, 0.05) is 26.8 Å². The molecule has 5 nitrogen and oxygen atoms in total. The standard InChI is InChI=1S/C14H23N5/c1-19(2)13-7-6-12(9-16-13)10-18-14(15)17-8-11-4-3-5-11/h6-7,9,11H,3-5,8,10H2,1-2H3,(H3,15,17,18). The molecule has 1 aliphatic carbocycles. The molecule has 0 unspecified atom stereocenters. The summed E-state index contributed by atoms with van der Waals surface area (Å²) in [6, 6.07) is 4.02. The number of nitrogens with two attached hydrogens (primary N) is 1. The van der Waals surface area contributed by atoms with Crippen LogP contribution in [0.2, 0.25) is 0 Å². The van der Waals surface area contributed by atoms with Gasteiger partial charge in [0.2, 0.25) is 0 Å². The molecule has 0 spiro atoms. The Balaban J connectivity index is 1.79. The van der Waals surface area contributed by atoms with Gasteiger partial charge in [-0.15, -0.1) is 0 Å². The van der Waals surface area contributed by atoms with E-state index in [4.69, 9.17) is 5.73 Å². The molecule has 1 aliphatic rings. The maximum Gasteiger partial charge on any atom is 0.188 e. The summed E-state index contributed by atoms with van der Waals surface area (Å²) in [5.41, 5.74) is 6.91. The van der Waals surface area contributed by atoms with E-state index >= 15 is 0 Å². The molecular weight excluding hydrogens is 238 g/mol. The Morgan fingerprint density at radius 1 is 1.47 bits per heavy atom. The van der Waals surface area contributed by atoms with E-state index in [2.05, 4.69) is 15.3 Å². The number of guanidine groups is 1. The van der Waals surface area contributed by atoms with Gasteiger partial charge in [-0.25, -0.2) is 9.98 Å². The Bertz CT molecular complexity index is 420. The number of nitrogens with zero attached hydrogens (tertiary/aromatic N) is 3. The molecule has 0 bridgehead atoms. The van der Waals surface area contributed by atoms with Crippen molar-refractivity contribution in [1.82, 2.24) is 10.3 Å². The predicted octanol–water partition coefficient (Wildman–Crippen LogP) is 1.35. The van der Waals surface area contributed by atoms with Crippen LogP contribution < -0.4 is 16.0 Å². The SMILES string of the molecule is CN(C)c1ccc(CN=C(N)NCC2CCC2)cn1. The topological polar surface area (TPSA) is 66.5 Å². The van der Waals surface area contributed by atoms with Crippen molar-refractivity contribution in [3.63, 3.8) is 0 Å². The van der Waals surface area contributed by atoms with E-state index in [-0.39, 0.29) is 0 Å². The average Bonchev–Trinajstić information content (AvgIpc) is 2.35. The smallest absolute Gasteiger partial charge is 0.188 e. The molecule has 1 aromatic rings. The van der Waals surface area contributed by atoms with Gasteiger partial charge in [0.15, 0.2) is 5.96 Å². The molecule has 1 fully saturated rings. The Labute approximate surface area is 114 Å². The lowest BCUT2D eigenvalue weighted by molar-refractivity contribution is 0.315. The Morgan fingerprint density at radius 2 is 2.26 bits per heavy atom. The van der Waals surface area contributed by atoms with E-state index < -0.39 is 0 Å². The van der Waals surface area contributed by atoms with Gasteiger partial charge in [0.25, 0.3) is 0 Å². The summed E-state index contributed by atoms with van der Waals surface area (Å²) in [7, 11) is 3.95. The van der Waals surface area contributed by atoms with E-state index in [1.165, 1.54) is 19.3 Å². The number of hydrogen-bond donors (Lipinski definition) is 2. The van der Waals surface area contributed by atoms with Crippen LogP contribution in [0.3, 0.4) is 0 Å². The largest absolute Gasteiger partial charge is 0.370 e. The molecular formula is C14H23N5. The van der Waals surface area contributed by atoms with Gasteiger partial charge < -0.3 is 16.0 Å². The number of pyridine rings is 1. The second-order valence-corrected chi connectivity index (χ2v) is 5.30. The fourth-order valence-electron chi connectivity index (χ4n) is 1.95. The van der Waals surface area contributed by atoms with Crippen LogP contribution in [0.5, 0.6) is 0 Å². The molecule has 1 saturated carbocycles. The Morgan fingerprint density at radius 3 is 2.79 bits per heavy atom. The molecule has 104 valence electrons. The molecule has 1 heterocycles. The van der Waals surface area contributed by atoms with Gasteiger partial charge in [0.1, 0.15) is 5.82 Å². The molecule has 3 N–H and O–H groups in total. The van der Waals surface area contributed by atoms with Crippen molar-refractivity contribution in [2.45, 2.75) is 25.8 Å². The molecule has 0 aliphatic heterocycles. The van der Waals surface area contributed by atoms with Crippen molar-refractivity contribution in [2.75, 3.05) is 25.5 Å². The van der Waals surface area contributed by atoms with E-state index in [0.717, 1.165) is 23.8 Å². The maximum absolute atomic E-state index is 5.84. The summed E-state index contributed by atoms with van der Waals surface area (Å²) >= 11 is 0. The van der Waals surface area contributed by atoms with Gasteiger partial charge in [-0.1, -0.05) is 12.5 Å². The van der Waals surface area contributed by atoms with Crippen LogP contribution in [0.25, 0.3) is 0 Å². The number of anilines is 1. The zero-order valence-corrected chi connectivity index (χ0v) is 11.8. The summed E-state index contributed by atoms with van der Waals surface area (Å²) < 4.78 is 0. The number of hydrogen-bond acceptors (Lipinski definition) is 3. The highest BCUT2D eigenvalue weighted by atomic mass is 15.1.